The molecule has 4 rings (SSSR count). The van der Waals surface area contributed by atoms with Gasteiger partial charge in [0.2, 0.25) is 0 Å². The summed E-state index contributed by atoms with van der Waals surface area (Å²) in [5.41, 5.74) is 5.27. The molecular weight excluding hydrogens is 448 g/mol. The molecule has 0 amide bonds. The van der Waals surface area contributed by atoms with Crippen LogP contribution in [0.5, 0.6) is 0 Å². The lowest BCUT2D eigenvalue weighted by molar-refractivity contribution is 0.484. The summed E-state index contributed by atoms with van der Waals surface area (Å²) in [6, 6.07) is 19.1. The standard InChI is InChI=1S/C23H21ClN4O3S/c24-20-6-3-18(4-7-20)19-5-8-22(26-11-13-32(29,30)31)21(14-19)23-9-12-28(27-23)16-17-2-1-10-25-15-17/h1-10,12,14-15,26H,11,13,16H2,(H,29,30,31). The van der Waals surface area contributed by atoms with Crippen molar-refractivity contribution >= 4 is 27.4 Å². The number of anilines is 1. The molecule has 2 aromatic heterocycles. The second-order valence-electron chi connectivity index (χ2n) is 7.24. The maximum atomic E-state index is 11.1. The molecule has 0 bridgehead atoms. The molecular formula is C23H21ClN4O3S. The van der Waals surface area contributed by atoms with Crippen molar-refractivity contribution in [2.45, 2.75) is 6.54 Å². The Morgan fingerprint density at radius 2 is 1.81 bits per heavy atom. The average molecular weight is 469 g/mol. The lowest BCUT2D eigenvalue weighted by atomic mass is 10.00. The Hall–Kier alpha value is -3.20. The van der Waals surface area contributed by atoms with E-state index >= 15 is 0 Å². The molecule has 0 radical (unpaired) electrons. The van der Waals surface area contributed by atoms with Crippen LogP contribution in [0.25, 0.3) is 22.4 Å². The van der Waals surface area contributed by atoms with E-state index in [1.54, 1.807) is 12.4 Å². The van der Waals surface area contributed by atoms with Gasteiger partial charge in [0.25, 0.3) is 10.1 Å². The molecule has 0 fully saturated rings. The van der Waals surface area contributed by atoms with Crippen LogP contribution in [0.4, 0.5) is 5.69 Å². The quantitative estimate of drug-likeness (QED) is 0.366. The molecule has 0 spiro atoms. The van der Waals surface area contributed by atoms with Crippen LogP contribution in [0, 0.1) is 0 Å². The van der Waals surface area contributed by atoms with Crippen LogP contribution in [0.3, 0.4) is 0 Å². The number of nitrogens with zero attached hydrogens (tertiary/aromatic N) is 3. The predicted molar refractivity (Wildman–Crippen MR) is 126 cm³/mol. The molecule has 2 N–H and O–H groups in total. The average Bonchev–Trinajstić information content (AvgIpc) is 3.23. The second kappa shape index (κ2) is 9.52. The third-order valence-electron chi connectivity index (χ3n) is 4.86. The molecule has 0 saturated carbocycles. The number of pyridine rings is 1. The molecule has 4 aromatic rings. The Balaban J connectivity index is 1.66. The number of benzene rings is 2. The molecule has 0 aliphatic rings. The summed E-state index contributed by atoms with van der Waals surface area (Å²) in [4.78, 5) is 4.13. The molecule has 0 saturated heterocycles. The number of rotatable bonds is 8. The zero-order chi connectivity index (χ0) is 22.6. The topological polar surface area (TPSA) is 97.1 Å². The van der Waals surface area contributed by atoms with E-state index in [2.05, 4.69) is 10.3 Å². The van der Waals surface area contributed by atoms with Crippen LogP contribution >= 0.6 is 11.6 Å². The van der Waals surface area contributed by atoms with Crippen molar-refractivity contribution in [2.75, 3.05) is 17.6 Å². The molecule has 9 heteroatoms. The van der Waals surface area contributed by atoms with Crippen molar-refractivity contribution in [1.29, 1.82) is 0 Å². The monoisotopic (exact) mass is 468 g/mol. The number of halogens is 1. The van der Waals surface area contributed by atoms with Crippen LogP contribution in [0.1, 0.15) is 5.56 Å². The van der Waals surface area contributed by atoms with Gasteiger partial charge in [0.05, 0.1) is 18.0 Å². The molecule has 0 aliphatic carbocycles. The maximum Gasteiger partial charge on any atom is 0.266 e. The zero-order valence-electron chi connectivity index (χ0n) is 17.0. The van der Waals surface area contributed by atoms with Crippen molar-refractivity contribution < 1.29 is 13.0 Å². The maximum absolute atomic E-state index is 11.1. The van der Waals surface area contributed by atoms with E-state index in [-0.39, 0.29) is 12.3 Å². The van der Waals surface area contributed by atoms with Crippen LogP contribution in [-0.2, 0) is 16.7 Å². The van der Waals surface area contributed by atoms with E-state index in [1.165, 1.54) is 0 Å². The lowest BCUT2D eigenvalue weighted by Crippen LogP contribution is -2.15. The third-order valence-corrected chi connectivity index (χ3v) is 5.83. The highest BCUT2D eigenvalue weighted by Gasteiger charge is 2.12. The van der Waals surface area contributed by atoms with Crippen molar-refractivity contribution in [3.63, 3.8) is 0 Å². The third kappa shape index (κ3) is 5.73. The Morgan fingerprint density at radius 3 is 2.53 bits per heavy atom. The first kappa shape index (κ1) is 22.0. The van der Waals surface area contributed by atoms with Gasteiger partial charge >= 0.3 is 0 Å². The fourth-order valence-electron chi connectivity index (χ4n) is 3.32. The highest BCUT2D eigenvalue weighted by Crippen LogP contribution is 2.32. The zero-order valence-corrected chi connectivity index (χ0v) is 18.6. The number of aromatic nitrogens is 3. The number of hydrogen-bond donors (Lipinski definition) is 2. The molecule has 0 unspecified atom stereocenters. The normalized spacial score (nSPS) is 11.4. The van der Waals surface area contributed by atoms with Gasteiger partial charge < -0.3 is 5.32 Å². The van der Waals surface area contributed by atoms with Crippen molar-refractivity contribution in [2.24, 2.45) is 0 Å². The van der Waals surface area contributed by atoms with Crippen LogP contribution in [-0.4, -0.2) is 40.0 Å². The van der Waals surface area contributed by atoms with Gasteiger partial charge in [-0.05, 0) is 53.1 Å². The predicted octanol–water partition coefficient (Wildman–Crippen LogP) is 4.61. The van der Waals surface area contributed by atoms with Crippen LogP contribution in [0.2, 0.25) is 5.02 Å². The summed E-state index contributed by atoms with van der Waals surface area (Å²) in [6.07, 6.45) is 5.41. The highest BCUT2D eigenvalue weighted by atomic mass is 35.5. The minimum Gasteiger partial charge on any atom is -0.383 e. The molecule has 2 aromatic carbocycles. The van der Waals surface area contributed by atoms with Crippen molar-refractivity contribution in [1.82, 2.24) is 14.8 Å². The van der Waals surface area contributed by atoms with E-state index in [9.17, 15) is 8.42 Å². The lowest BCUT2D eigenvalue weighted by Gasteiger charge is -2.13. The van der Waals surface area contributed by atoms with Gasteiger partial charge in [-0.15, -0.1) is 0 Å². The first-order valence-electron chi connectivity index (χ1n) is 9.89. The molecule has 164 valence electrons. The first-order valence-corrected chi connectivity index (χ1v) is 11.9. The van der Waals surface area contributed by atoms with E-state index in [4.69, 9.17) is 21.3 Å². The summed E-state index contributed by atoms with van der Waals surface area (Å²) < 4.78 is 33.1. The minimum atomic E-state index is -4.06. The smallest absolute Gasteiger partial charge is 0.266 e. The van der Waals surface area contributed by atoms with Gasteiger partial charge in [0.1, 0.15) is 0 Å². The summed E-state index contributed by atoms with van der Waals surface area (Å²) in [7, 11) is -4.06. The van der Waals surface area contributed by atoms with Crippen molar-refractivity contribution in [3.05, 3.63) is 89.8 Å². The number of nitrogens with one attached hydrogen (secondary N) is 1. The number of hydrogen-bond acceptors (Lipinski definition) is 5. The SMILES string of the molecule is O=S(=O)(O)CCNc1ccc(-c2ccc(Cl)cc2)cc1-c1ccn(Cc2cccnc2)n1. The summed E-state index contributed by atoms with van der Waals surface area (Å²) in [5, 5.41) is 8.46. The van der Waals surface area contributed by atoms with Gasteiger partial charge in [-0.1, -0.05) is 35.9 Å². The largest absolute Gasteiger partial charge is 0.383 e. The van der Waals surface area contributed by atoms with Gasteiger partial charge in [-0.2, -0.15) is 13.5 Å². The van der Waals surface area contributed by atoms with Crippen LogP contribution < -0.4 is 5.32 Å². The van der Waals surface area contributed by atoms with Crippen molar-refractivity contribution in [3.8, 4) is 22.4 Å². The van der Waals surface area contributed by atoms with E-state index in [1.807, 2.05) is 71.5 Å². The minimum absolute atomic E-state index is 0.0719. The Morgan fingerprint density at radius 1 is 1.03 bits per heavy atom. The molecule has 32 heavy (non-hydrogen) atoms. The highest BCUT2D eigenvalue weighted by molar-refractivity contribution is 7.85. The van der Waals surface area contributed by atoms with E-state index < -0.39 is 10.1 Å². The second-order valence-corrected chi connectivity index (χ2v) is 9.25. The van der Waals surface area contributed by atoms with E-state index in [0.717, 1.165) is 33.6 Å². The van der Waals surface area contributed by atoms with E-state index in [0.29, 0.717) is 11.6 Å². The molecule has 0 atom stereocenters. The van der Waals surface area contributed by atoms with Crippen LogP contribution in [0.15, 0.2) is 79.3 Å². The Kier molecular flexibility index (Phi) is 6.55. The molecule has 7 nitrogen and oxygen atoms in total. The van der Waals surface area contributed by atoms with Gasteiger partial charge in [-0.25, -0.2) is 0 Å². The summed E-state index contributed by atoms with van der Waals surface area (Å²) in [6.45, 7) is 0.652. The van der Waals surface area contributed by atoms with Gasteiger partial charge in [-0.3, -0.25) is 14.2 Å². The summed E-state index contributed by atoms with van der Waals surface area (Å²) in [5.74, 6) is -0.388. The Bertz CT molecular complexity index is 1310. The summed E-state index contributed by atoms with van der Waals surface area (Å²) >= 11 is 6.02. The fraction of sp³-hybridized carbons (Fsp3) is 0.130. The van der Waals surface area contributed by atoms with Gasteiger partial charge in [0.15, 0.2) is 0 Å². The molecule has 0 aliphatic heterocycles. The van der Waals surface area contributed by atoms with Gasteiger partial charge in [0, 0.05) is 41.4 Å². The Labute approximate surface area is 191 Å². The first-order chi connectivity index (χ1) is 15.4. The molecule has 2 heterocycles. The fourth-order valence-corrected chi connectivity index (χ4v) is 3.81.